The molecule has 0 spiro atoms. The first-order valence-electron chi connectivity index (χ1n) is 10.7. The lowest BCUT2D eigenvalue weighted by Crippen LogP contribution is -2.37. The summed E-state index contributed by atoms with van der Waals surface area (Å²) in [5.74, 6) is 1.62. The van der Waals surface area contributed by atoms with Crippen molar-refractivity contribution < 1.29 is 18.9 Å². The molecule has 1 aliphatic rings. The minimum atomic E-state index is -0.679. The van der Waals surface area contributed by atoms with E-state index < -0.39 is 12.1 Å². The summed E-state index contributed by atoms with van der Waals surface area (Å²) in [6.07, 6.45) is 1.53. The molecule has 4 rings (SSSR count). The van der Waals surface area contributed by atoms with Crippen LogP contribution in [0.1, 0.15) is 35.9 Å². The maximum Gasteiger partial charge on any atom is 0.341 e. The van der Waals surface area contributed by atoms with Gasteiger partial charge in [-0.05, 0) is 61.2 Å². The van der Waals surface area contributed by atoms with Gasteiger partial charge in [0, 0.05) is 12.0 Å². The SMILES string of the molecule is Cc1cc(-c2noc([C@@H]3[C@@H](O)CC[N+]3=C(N)N)n2)ccc1OCCCc1ccc(Cl)c(Cl)c1. The van der Waals surface area contributed by atoms with Crippen molar-refractivity contribution in [2.24, 2.45) is 11.5 Å². The topological polar surface area (TPSA) is 123 Å². The zero-order valence-electron chi connectivity index (χ0n) is 18.2. The lowest BCUT2D eigenvalue weighted by atomic mass is 10.1. The maximum absolute atomic E-state index is 10.3. The summed E-state index contributed by atoms with van der Waals surface area (Å²) in [5, 5.41) is 15.5. The van der Waals surface area contributed by atoms with Gasteiger partial charge in [-0.2, -0.15) is 4.98 Å². The quantitative estimate of drug-likeness (QED) is 0.263. The highest BCUT2D eigenvalue weighted by atomic mass is 35.5. The molecule has 0 aliphatic carbocycles. The number of rotatable bonds is 7. The normalized spacial score (nSPS) is 18.0. The second-order valence-corrected chi connectivity index (χ2v) is 8.87. The van der Waals surface area contributed by atoms with Crippen LogP contribution in [-0.4, -0.2) is 45.0 Å². The van der Waals surface area contributed by atoms with E-state index in [9.17, 15) is 5.11 Å². The first-order valence-corrected chi connectivity index (χ1v) is 11.4. The van der Waals surface area contributed by atoms with Gasteiger partial charge >= 0.3 is 5.96 Å². The molecule has 5 N–H and O–H groups in total. The highest BCUT2D eigenvalue weighted by Crippen LogP contribution is 2.30. The van der Waals surface area contributed by atoms with Crippen LogP contribution in [0.5, 0.6) is 5.75 Å². The van der Waals surface area contributed by atoms with E-state index in [1.165, 1.54) is 0 Å². The van der Waals surface area contributed by atoms with Crippen LogP contribution in [0.3, 0.4) is 0 Å². The van der Waals surface area contributed by atoms with Gasteiger partial charge in [0.15, 0.2) is 6.04 Å². The fraction of sp³-hybridized carbons (Fsp3) is 0.348. The molecule has 0 amide bonds. The van der Waals surface area contributed by atoms with Crippen LogP contribution < -0.4 is 16.2 Å². The van der Waals surface area contributed by atoms with Crippen molar-refractivity contribution in [3.05, 3.63) is 63.5 Å². The largest absolute Gasteiger partial charge is 0.493 e. The summed E-state index contributed by atoms with van der Waals surface area (Å²) in [7, 11) is 0. The number of hydrogen-bond acceptors (Lipinski definition) is 5. The van der Waals surface area contributed by atoms with E-state index in [4.69, 9.17) is 43.9 Å². The molecule has 2 aromatic carbocycles. The number of nitrogens with zero attached hydrogens (tertiary/aromatic N) is 3. The number of ether oxygens (including phenoxy) is 1. The van der Waals surface area contributed by atoms with Crippen LogP contribution in [0, 0.1) is 6.92 Å². The Morgan fingerprint density at radius 1 is 1.21 bits per heavy atom. The third-order valence-electron chi connectivity index (χ3n) is 5.68. The van der Waals surface area contributed by atoms with E-state index in [0.29, 0.717) is 35.4 Å². The third-order valence-corrected chi connectivity index (χ3v) is 6.42. The van der Waals surface area contributed by atoms with Gasteiger partial charge in [0.25, 0.3) is 5.89 Å². The lowest BCUT2D eigenvalue weighted by molar-refractivity contribution is -0.560. The fourth-order valence-corrected chi connectivity index (χ4v) is 4.26. The molecule has 1 aromatic heterocycles. The molecule has 0 bridgehead atoms. The van der Waals surface area contributed by atoms with Crippen molar-refractivity contribution >= 4 is 29.2 Å². The smallest absolute Gasteiger partial charge is 0.341 e. The van der Waals surface area contributed by atoms with Crippen molar-refractivity contribution in [2.75, 3.05) is 13.2 Å². The molecule has 1 aliphatic heterocycles. The van der Waals surface area contributed by atoms with E-state index in [1.807, 2.05) is 37.3 Å². The van der Waals surface area contributed by atoms with Gasteiger partial charge in [-0.15, -0.1) is 0 Å². The Bertz CT molecular complexity index is 1180. The van der Waals surface area contributed by atoms with Crippen molar-refractivity contribution in [2.45, 2.75) is 38.3 Å². The van der Waals surface area contributed by atoms with Gasteiger partial charge in [0.1, 0.15) is 5.75 Å². The van der Waals surface area contributed by atoms with Crippen LogP contribution in [0.4, 0.5) is 0 Å². The number of benzene rings is 2. The Balaban J connectivity index is 1.39. The van der Waals surface area contributed by atoms with Crippen molar-refractivity contribution in [3.63, 3.8) is 0 Å². The molecule has 33 heavy (non-hydrogen) atoms. The van der Waals surface area contributed by atoms with Gasteiger partial charge in [-0.3, -0.25) is 16.0 Å². The standard InChI is InChI=1S/C23H25Cl2N5O3/c1-13-11-15(21-28-22(33-29-21)20-18(31)8-9-30(20)23(26)27)5-7-19(13)32-10-2-3-14-4-6-16(24)17(25)12-14/h4-7,11-12,18,20,31H,2-3,8-10H2,1H3,(H3,26,27)/p+1/t18-,20-/m0/s1. The number of guanidine groups is 1. The zero-order chi connectivity index (χ0) is 23.5. The van der Waals surface area contributed by atoms with E-state index in [0.717, 1.165) is 35.3 Å². The predicted molar refractivity (Wildman–Crippen MR) is 127 cm³/mol. The summed E-state index contributed by atoms with van der Waals surface area (Å²) in [4.78, 5) is 4.47. The Morgan fingerprint density at radius 3 is 2.76 bits per heavy atom. The van der Waals surface area contributed by atoms with Crippen molar-refractivity contribution in [3.8, 4) is 17.1 Å². The fourth-order valence-electron chi connectivity index (χ4n) is 3.94. The average Bonchev–Trinajstić information content (AvgIpc) is 3.41. The van der Waals surface area contributed by atoms with Gasteiger partial charge in [-0.1, -0.05) is 34.4 Å². The number of aliphatic hydroxyl groups excluding tert-OH is 1. The van der Waals surface area contributed by atoms with E-state index in [1.54, 1.807) is 10.6 Å². The summed E-state index contributed by atoms with van der Waals surface area (Å²) >= 11 is 12.0. The minimum absolute atomic E-state index is 0.118. The molecule has 174 valence electrons. The zero-order valence-corrected chi connectivity index (χ0v) is 19.7. The number of nitrogens with two attached hydrogens (primary N) is 2. The van der Waals surface area contributed by atoms with E-state index in [-0.39, 0.29) is 11.9 Å². The van der Waals surface area contributed by atoms with Crippen molar-refractivity contribution in [1.29, 1.82) is 0 Å². The monoisotopic (exact) mass is 490 g/mol. The molecule has 10 heteroatoms. The van der Waals surface area contributed by atoms with E-state index in [2.05, 4.69) is 10.1 Å². The minimum Gasteiger partial charge on any atom is -0.493 e. The molecule has 8 nitrogen and oxygen atoms in total. The Kier molecular flexibility index (Phi) is 7.07. The molecule has 1 fully saturated rings. The second-order valence-electron chi connectivity index (χ2n) is 8.06. The maximum atomic E-state index is 10.3. The summed E-state index contributed by atoms with van der Waals surface area (Å²) in [6.45, 7) is 3.06. The Labute approximate surface area is 201 Å². The van der Waals surface area contributed by atoms with Crippen LogP contribution in [0.25, 0.3) is 11.4 Å². The lowest BCUT2D eigenvalue weighted by Gasteiger charge is -2.11. The molecule has 0 radical (unpaired) electrons. The number of hydrogen-bond donors (Lipinski definition) is 3. The van der Waals surface area contributed by atoms with Crippen LogP contribution in [0.15, 0.2) is 40.9 Å². The number of aromatic nitrogens is 2. The summed E-state index contributed by atoms with van der Waals surface area (Å²) in [6, 6.07) is 10.8. The first-order chi connectivity index (χ1) is 15.8. The molecule has 1 saturated heterocycles. The Hall–Kier alpha value is -2.81. The molecular weight excluding hydrogens is 465 g/mol. The third kappa shape index (κ3) is 5.24. The van der Waals surface area contributed by atoms with Gasteiger partial charge < -0.3 is 14.4 Å². The molecule has 3 aromatic rings. The summed E-state index contributed by atoms with van der Waals surface area (Å²) in [5.41, 5.74) is 14.3. The Morgan fingerprint density at radius 2 is 2.03 bits per heavy atom. The summed E-state index contributed by atoms with van der Waals surface area (Å²) < 4.78 is 13.0. The van der Waals surface area contributed by atoms with Crippen molar-refractivity contribution in [1.82, 2.24) is 10.1 Å². The van der Waals surface area contributed by atoms with Gasteiger partial charge in [-0.25, -0.2) is 0 Å². The first kappa shape index (κ1) is 23.4. The van der Waals surface area contributed by atoms with Crippen LogP contribution >= 0.6 is 23.2 Å². The number of aryl methyl sites for hydroxylation is 2. The molecule has 0 unspecified atom stereocenters. The second kappa shape index (κ2) is 9.99. The van der Waals surface area contributed by atoms with Gasteiger partial charge in [0.2, 0.25) is 5.82 Å². The number of halogens is 2. The molecule has 2 atom stereocenters. The molecule has 2 heterocycles. The molecular formula is C23H26Cl2N5O3+. The van der Waals surface area contributed by atoms with Crippen LogP contribution in [-0.2, 0) is 6.42 Å². The highest BCUT2D eigenvalue weighted by molar-refractivity contribution is 6.42. The van der Waals surface area contributed by atoms with Crippen LogP contribution in [0.2, 0.25) is 10.0 Å². The van der Waals surface area contributed by atoms with Gasteiger partial charge in [0.05, 0.1) is 29.3 Å². The highest BCUT2D eigenvalue weighted by Gasteiger charge is 2.39. The predicted octanol–water partition coefficient (Wildman–Crippen LogP) is 3.46. The average molecular weight is 491 g/mol. The molecule has 0 saturated carbocycles. The number of aliphatic hydroxyl groups is 1. The van der Waals surface area contributed by atoms with E-state index >= 15 is 0 Å².